The maximum atomic E-state index is 11.9. The molecule has 7 heteroatoms. The van der Waals surface area contributed by atoms with Crippen LogP contribution >= 0.6 is 0 Å². The van der Waals surface area contributed by atoms with Gasteiger partial charge in [0.15, 0.2) is 5.82 Å². The summed E-state index contributed by atoms with van der Waals surface area (Å²) >= 11 is 0. The lowest BCUT2D eigenvalue weighted by Gasteiger charge is -2.38. The van der Waals surface area contributed by atoms with Crippen molar-refractivity contribution in [2.24, 2.45) is 0 Å². The Hall–Kier alpha value is -2.44. The molecule has 0 saturated carbocycles. The van der Waals surface area contributed by atoms with Gasteiger partial charge in [0, 0.05) is 37.6 Å². The molecule has 2 aromatic heterocycles. The Morgan fingerprint density at radius 1 is 1.32 bits per heavy atom. The molecule has 0 spiro atoms. The molecule has 0 aromatic carbocycles. The third-order valence-corrected chi connectivity index (χ3v) is 3.35. The van der Waals surface area contributed by atoms with Crippen LogP contribution in [0, 0.1) is 0 Å². The van der Waals surface area contributed by atoms with E-state index in [1.807, 2.05) is 33.0 Å². The highest BCUT2D eigenvalue weighted by Gasteiger charge is 2.35. The van der Waals surface area contributed by atoms with Crippen LogP contribution in [0.1, 0.15) is 32.4 Å². The Morgan fingerprint density at radius 2 is 2.09 bits per heavy atom. The number of rotatable bonds is 2. The molecule has 1 amide bonds. The fourth-order valence-corrected chi connectivity index (χ4v) is 2.23. The third kappa shape index (κ3) is 3.08. The normalized spacial score (nSPS) is 15.5. The van der Waals surface area contributed by atoms with Gasteiger partial charge in [0.2, 0.25) is 0 Å². The smallest absolute Gasteiger partial charge is 0.410 e. The number of aromatic nitrogens is 4. The number of nitrogens with zero attached hydrogens (tertiary/aromatic N) is 5. The minimum Gasteiger partial charge on any atom is -0.444 e. The average Bonchev–Trinajstić information content (AvgIpc) is 2.85. The molecule has 1 saturated heterocycles. The first-order valence-corrected chi connectivity index (χ1v) is 7.22. The summed E-state index contributed by atoms with van der Waals surface area (Å²) in [4.78, 5) is 21.8. The predicted octanol–water partition coefficient (Wildman–Crippen LogP) is 2.00. The Balaban J connectivity index is 1.60. The van der Waals surface area contributed by atoms with Gasteiger partial charge in [-0.05, 0) is 26.8 Å². The zero-order valence-electron chi connectivity index (χ0n) is 12.9. The van der Waals surface area contributed by atoms with Crippen LogP contribution in [0.15, 0.2) is 30.9 Å². The molecule has 3 heterocycles. The van der Waals surface area contributed by atoms with Crippen molar-refractivity contribution in [3.05, 3.63) is 36.5 Å². The summed E-state index contributed by atoms with van der Waals surface area (Å²) in [6.07, 6.45) is 6.50. The molecule has 3 rings (SSSR count). The fourth-order valence-electron chi connectivity index (χ4n) is 2.23. The summed E-state index contributed by atoms with van der Waals surface area (Å²) in [5.41, 5.74) is 0.487. The second-order valence-corrected chi connectivity index (χ2v) is 6.33. The summed E-state index contributed by atoms with van der Waals surface area (Å²) < 4.78 is 7.04. The summed E-state index contributed by atoms with van der Waals surface area (Å²) in [5.74, 6) is 0.919. The van der Waals surface area contributed by atoms with E-state index in [2.05, 4.69) is 15.1 Å². The largest absolute Gasteiger partial charge is 0.444 e. The number of hydrogen-bond acceptors (Lipinski definition) is 5. The number of ether oxygens (including phenoxy) is 1. The molecular formula is C15H19N5O2. The van der Waals surface area contributed by atoms with E-state index in [-0.39, 0.29) is 12.0 Å². The Bertz CT molecular complexity index is 656. The summed E-state index contributed by atoms with van der Waals surface area (Å²) in [5, 5.41) is 4.51. The van der Waals surface area contributed by atoms with Gasteiger partial charge in [-0.1, -0.05) is 0 Å². The molecule has 0 unspecified atom stereocenters. The molecule has 1 fully saturated rings. The lowest BCUT2D eigenvalue weighted by molar-refractivity contribution is 0.00785. The molecule has 1 aliphatic rings. The second kappa shape index (κ2) is 5.40. The highest BCUT2D eigenvalue weighted by atomic mass is 16.6. The van der Waals surface area contributed by atoms with Gasteiger partial charge in [0.05, 0.1) is 11.9 Å². The highest BCUT2D eigenvalue weighted by molar-refractivity contribution is 5.69. The SMILES string of the molecule is CC(C)(C)OC(=O)N1CC(c2ccn(-c3cnccn3)n2)C1. The number of hydrogen-bond donors (Lipinski definition) is 0. The van der Waals surface area contributed by atoms with E-state index in [9.17, 15) is 4.79 Å². The maximum absolute atomic E-state index is 11.9. The van der Waals surface area contributed by atoms with Gasteiger partial charge in [-0.15, -0.1) is 0 Å². The van der Waals surface area contributed by atoms with Crippen molar-refractivity contribution in [2.75, 3.05) is 13.1 Å². The summed E-state index contributed by atoms with van der Waals surface area (Å²) in [7, 11) is 0. The van der Waals surface area contributed by atoms with E-state index < -0.39 is 5.60 Å². The Labute approximate surface area is 128 Å². The molecule has 7 nitrogen and oxygen atoms in total. The van der Waals surface area contributed by atoms with Crippen molar-refractivity contribution >= 4 is 6.09 Å². The van der Waals surface area contributed by atoms with Crippen LogP contribution in [0.25, 0.3) is 5.82 Å². The van der Waals surface area contributed by atoms with Gasteiger partial charge in [-0.2, -0.15) is 5.10 Å². The molecule has 0 bridgehead atoms. The average molecular weight is 301 g/mol. The van der Waals surface area contributed by atoms with Crippen molar-refractivity contribution in [3.63, 3.8) is 0 Å². The van der Waals surface area contributed by atoms with Crippen LogP contribution < -0.4 is 0 Å². The lowest BCUT2D eigenvalue weighted by atomic mass is 9.97. The topological polar surface area (TPSA) is 73.1 Å². The van der Waals surface area contributed by atoms with Crippen molar-refractivity contribution in [1.29, 1.82) is 0 Å². The van der Waals surface area contributed by atoms with Gasteiger partial charge < -0.3 is 9.64 Å². The molecule has 0 aliphatic carbocycles. The quantitative estimate of drug-likeness (QED) is 0.848. The molecule has 22 heavy (non-hydrogen) atoms. The number of amides is 1. The van der Waals surface area contributed by atoms with E-state index in [0.29, 0.717) is 18.9 Å². The minimum atomic E-state index is -0.463. The van der Waals surface area contributed by atoms with Crippen LogP contribution in [0.2, 0.25) is 0 Å². The molecule has 0 radical (unpaired) electrons. The fraction of sp³-hybridized carbons (Fsp3) is 0.467. The van der Waals surface area contributed by atoms with E-state index >= 15 is 0 Å². The number of carbonyl (C=O) groups excluding carboxylic acids is 1. The first-order chi connectivity index (χ1) is 10.4. The Kier molecular flexibility index (Phi) is 3.56. The predicted molar refractivity (Wildman–Crippen MR) is 79.7 cm³/mol. The van der Waals surface area contributed by atoms with Gasteiger partial charge in [-0.3, -0.25) is 4.98 Å². The zero-order chi connectivity index (χ0) is 15.7. The Morgan fingerprint density at radius 3 is 2.73 bits per heavy atom. The van der Waals surface area contributed by atoms with Crippen LogP contribution in [0.3, 0.4) is 0 Å². The van der Waals surface area contributed by atoms with Crippen molar-refractivity contribution in [1.82, 2.24) is 24.6 Å². The molecular weight excluding hydrogens is 282 g/mol. The van der Waals surface area contributed by atoms with E-state index in [0.717, 1.165) is 5.69 Å². The van der Waals surface area contributed by atoms with E-state index in [1.54, 1.807) is 28.2 Å². The second-order valence-electron chi connectivity index (χ2n) is 6.33. The van der Waals surface area contributed by atoms with Gasteiger partial charge >= 0.3 is 6.09 Å². The van der Waals surface area contributed by atoms with E-state index in [4.69, 9.17) is 4.74 Å². The monoisotopic (exact) mass is 301 g/mol. The first-order valence-electron chi connectivity index (χ1n) is 7.22. The van der Waals surface area contributed by atoms with Gasteiger partial charge in [-0.25, -0.2) is 14.5 Å². The molecule has 0 atom stereocenters. The van der Waals surface area contributed by atoms with Gasteiger partial charge in [0.25, 0.3) is 0 Å². The first kappa shape index (κ1) is 14.5. The standard InChI is InChI=1S/C15H19N5O2/c1-15(2,3)22-14(21)19-9-11(10-19)12-4-7-20(18-12)13-8-16-5-6-17-13/h4-8,11H,9-10H2,1-3H3. The van der Waals surface area contributed by atoms with Crippen molar-refractivity contribution in [2.45, 2.75) is 32.3 Å². The molecule has 116 valence electrons. The third-order valence-electron chi connectivity index (χ3n) is 3.35. The van der Waals surface area contributed by atoms with Crippen LogP contribution in [-0.2, 0) is 4.74 Å². The maximum Gasteiger partial charge on any atom is 0.410 e. The van der Waals surface area contributed by atoms with Crippen LogP contribution in [-0.4, -0.2) is 49.4 Å². The highest BCUT2D eigenvalue weighted by Crippen LogP contribution is 2.27. The summed E-state index contributed by atoms with van der Waals surface area (Å²) in [6, 6.07) is 1.95. The van der Waals surface area contributed by atoms with Crippen LogP contribution in [0.5, 0.6) is 0 Å². The van der Waals surface area contributed by atoms with Crippen LogP contribution in [0.4, 0.5) is 4.79 Å². The lowest BCUT2D eigenvalue weighted by Crippen LogP contribution is -2.50. The minimum absolute atomic E-state index is 0.241. The molecule has 1 aliphatic heterocycles. The number of carbonyl (C=O) groups is 1. The number of likely N-dealkylation sites (tertiary alicyclic amines) is 1. The summed E-state index contributed by atoms with van der Waals surface area (Å²) in [6.45, 7) is 6.86. The van der Waals surface area contributed by atoms with Crippen molar-refractivity contribution < 1.29 is 9.53 Å². The van der Waals surface area contributed by atoms with Crippen molar-refractivity contribution in [3.8, 4) is 5.82 Å². The van der Waals surface area contributed by atoms with E-state index in [1.165, 1.54) is 0 Å². The molecule has 0 N–H and O–H groups in total. The molecule has 2 aromatic rings. The van der Waals surface area contributed by atoms with Gasteiger partial charge in [0.1, 0.15) is 5.60 Å². The zero-order valence-corrected chi connectivity index (χ0v) is 12.9.